The van der Waals surface area contributed by atoms with Crippen LogP contribution in [0.15, 0.2) is 28.7 Å². The van der Waals surface area contributed by atoms with Crippen LogP contribution in [-0.2, 0) is 4.79 Å². The molecule has 1 aromatic carbocycles. The first-order chi connectivity index (χ1) is 8.21. The molecule has 1 aromatic rings. The molecule has 1 rings (SSSR count). The van der Waals surface area contributed by atoms with E-state index in [9.17, 15) is 9.59 Å². The van der Waals surface area contributed by atoms with E-state index in [0.29, 0.717) is 5.56 Å². The molecular formula is C13H16BrNO3. The van der Waals surface area contributed by atoms with Gasteiger partial charge < -0.3 is 10.4 Å². The summed E-state index contributed by atoms with van der Waals surface area (Å²) in [4.78, 5) is 23.1. The average molecular weight is 314 g/mol. The summed E-state index contributed by atoms with van der Waals surface area (Å²) in [6.45, 7) is 5.31. The Morgan fingerprint density at radius 3 is 2.39 bits per heavy atom. The average Bonchev–Trinajstić information content (AvgIpc) is 2.23. The molecule has 0 saturated carbocycles. The molecule has 98 valence electrons. The third kappa shape index (κ3) is 3.84. The van der Waals surface area contributed by atoms with Crippen molar-refractivity contribution in [1.82, 2.24) is 5.32 Å². The molecular weight excluding hydrogens is 298 g/mol. The molecule has 0 spiro atoms. The summed E-state index contributed by atoms with van der Waals surface area (Å²) in [5.74, 6) is -1.43. The first kappa shape index (κ1) is 14.7. The number of carboxylic acids is 1. The van der Waals surface area contributed by atoms with Gasteiger partial charge in [0.2, 0.25) is 0 Å². The normalized spacial score (nSPS) is 12.9. The van der Waals surface area contributed by atoms with Crippen LogP contribution < -0.4 is 5.32 Å². The van der Waals surface area contributed by atoms with Crippen molar-refractivity contribution in [3.8, 4) is 0 Å². The van der Waals surface area contributed by atoms with Crippen LogP contribution in [0, 0.1) is 5.41 Å². The summed E-state index contributed by atoms with van der Waals surface area (Å²) in [6, 6.07) is 5.89. The minimum Gasteiger partial charge on any atom is -0.480 e. The molecule has 0 radical (unpaired) electrons. The lowest BCUT2D eigenvalue weighted by atomic mass is 9.86. The van der Waals surface area contributed by atoms with Crippen LogP contribution >= 0.6 is 15.9 Å². The number of halogens is 1. The number of carbonyl (C=O) groups excluding carboxylic acids is 1. The molecule has 1 amide bonds. The van der Waals surface area contributed by atoms with E-state index in [1.54, 1.807) is 45.0 Å². The van der Waals surface area contributed by atoms with Crippen molar-refractivity contribution in [2.45, 2.75) is 26.8 Å². The van der Waals surface area contributed by atoms with Gasteiger partial charge in [0.05, 0.1) is 0 Å². The van der Waals surface area contributed by atoms with Gasteiger partial charge in [0.15, 0.2) is 0 Å². The van der Waals surface area contributed by atoms with E-state index in [4.69, 9.17) is 5.11 Å². The number of nitrogens with one attached hydrogen (secondary N) is 1. The molecule has 0 aromatic heterocycles. The maximum absolute atomic E-state index is 12.0. The van der Waals surface area contributed by atoms with Crippen LogP contribution in [0.3, 0.4) is 0 Å². The molecule has 5 heteroatoms. The van der Waals surface area contributed by atoms with Crippen molar-refractivity contribution in [3.05, 3.63) is 34.3 Å². The first-order valence-corrected chi connectivity index (χ1v) is 6.30. The fourth-order valence-corrected chi connectivity index (χ4v) is 1.89. The van der Waals surface area contributed by atoms with Crippen molar-refractivity contribution in [2.24, 2.45) is 5.41 Å². The zero-order chi connectivity index (χ0) is 13.9. The molecule has 0 bridgehead atoms. The molecule has 0 fully saturated rings. The second kappa shape index (κ2) is 5.52. The quantitative estimate of drug-likeness (QED) is 0.901. The van der Waals surface area contributed by atoms with Gasteiger partial charge in [-0.25, -0.2) is 4.79 Å². The number of hydrogen-bond acceptors (Lipinski definition) is 2. The van der Waals surface area contributed by atoms with Crippen LogP contribution in [-0.4, -0.2) is 23.0 Å². The SMILES string of the molecule is CC(C)(C)[C@H](NC(=O)c1cccc(Br)c1)C(=O)O. The minimum atomic E-state index is -1.04. The Kier molecular flexibility index (Phi) is 4.51. The highest BCUT2D eigenvalue weighted by Gasteiger charge is 2.32. The van der Waals surface area contributed by atoms with Crippen molar-refractivity contribution in [1.29, 1.82) is 0 Å². The summed E-state index contributed by atoms with van der Waals surface area (Å²) in [6.07, 6.45) is 0. The first-order valence-electron chi connectivity index (χ1n) is 5.51. The number of aliphatic carboxylic acids is 1. The van der Waals surface area contributed by atoms with Crippen LogP contribution in [0.5, 0.6) is 0 Å². The van der Waals surface area contributed by atoms with E-state index in [1.807, 2.05) is 0 Å². The number of rotatable bonds is 3. The summed E-state index contributed by atoms with van der Waals surface area (Å²) in [5, 5.41) is 11.7. The molecule has 0 unspecified atom stereocenters. The van der Waals surface area contributed by atoms with E-state index in [1.165, 1.54) is 0 Å². The Labute approximate surface area is 115 Å². The maximum atomic E-state index is 12.0. The van der Waals surface area contributed by atoms with Gasteiger partial charge in [-0.3, -0.25) is 4.79 Å². The van der Waals surface area contributed by atoms with Crippen LogP contribution in [0.1, 0.15) is 31.1 Å². The zero-order valence-electron chi connectivity index (χ0n) is 10.5. The predicted molar refractivity (Wildman–Crippen MR) is 72.5 cm³/mol. The van der Waals surface area contributed by atoms with E-state index >= 15 is 0 Å². The lowest BCUT2D eigenvalue weighted by Gasteiger charge is -2.27. The summed E-state index contributed by atoms with van der Waals surface area (Å²) < 4.78 is 0.776. The Balaban J connectivity index is 2.89. The van der Waals surface area contributed by atoms with Crippen molar-refractivity contribution in [2.75, 3.05) is 0 Å². The number of benzene rings is 1. The van der Waals surface area contributed by atoms with Gasteiger partial charge >= 0.3 is 5.97 Å². The second-order valence-electron chi connectivity index (χ2n) is 5.12. The number of carboxylic acid groups (broad SMARTS) is 1. The lowest BCUT2D eigenvalue weighted by Crippen LogP contribution is -2.49. The van der Waals surface area contributed by atoms with Gasteiger partial charge in [-0.15, -0.1) is 0 Å². The maximum Gasteiger partial charge on any atom is 0.326 e. The number of carbonyl (C=O) groups is 2. The lowest BCUT2D eigenvalue weighted by molar-refractivity contribution is -0.142. The van der Waals surface area contributed by atoms with Gasteiger partial charge in [0.1, 0.15) is 6.04 Å². The minimum absolute atomic E-state index is 0.390. The van der Waals surface area contributed by atoms with Crippen molar-refractivity contribution in [3.63, 3.8) is 0 Å². The standard InChI is InChI=1S/C13H16BrNO3/c1-13(2,3)10(12(17)18)15-11(16)8-5-4-6-9(14)7-8/h4-7,10H,1-3H3,(H,15,16)(H,17,18)/t10-/m1/s1. The predicted octanol–water partition coefficient (Wildman–Crippen LogP) is 2.68. The Hall–Kier alpha value is -1.36. The number of hydrogen-bond donors (Lipinski definition) is 2. The highest BCUT2D eigenvalue weighted by atomic mass is 79.9. The van der Waals surface area contributed by atoms with Crippen LogP contribution in [0.4, 0.5) is 0 Å². The fraction of sp³-hybridized carbons (Fsp3) is 0.385. The molecule has 0 aliphatic rings. The van der Waals surface area contributed by atoms with Crippen LogP contribution in [0.2, 0.25) is 0 Å². The molecule has 0 saturated heterocycles. The highest BCUT2D eigenvalue weighted by Crippen LogP contribution is 2.20. The monoisotopic (exact) mass is 313 g/mol. The second-order valence-corrected chi connectivity index (χ2v) is 6.04. The zero-order valence-corrected chi connectivity index (χ0v) is 12.1. The van der Waals surface area contributed by atoms with Gasteiger partial charge in [0.25, 0.3) is 5.91 Å². The Morgan fingerprint density at radius 2 is 1.94 bits per heavy atom. The summed E-state index contributed by atoms with van der Waals surface area (Å²) in [7, 11) is 0. The summed E-state index contributed by atoms with van der Waals surface area (Å²) >= 11 is 3.27. The molecule has 0 aliphatic carbocycles. The van der Waals surface area contributed by atoms with Crippen LogP contribution in [0.25, 0.3) is 0 Å². The Morgan fingerprint density at radius 1 is 1.33 bits per heavy atom. The Bertz CT molecular complexity index is 466. The topological polar surface area (TPSA) is 66.4 Å². The van der Waals surface area contributed by atoms with E-state index in [2.05, 4.69) is 21.2 Å². The van der Waals surface area contributed by atoms with Crippen molar-refractivity contribution >= 4 is 27.8 Å². The molecule has 4 nitrogen and oxygen atoms in total. The van der Waals surface area contributed by atoms with Gasteiger partial charge in [-0.05, 0) is 23.6 Å². The molecule has 2 N–H and O–H groups in total. The van der Waals surface area contributed by atoms with Gasteiger partial charge in [0, 0.05) is 10.0 Å². The van der Waals surface area contributed by atoms with E-state index in [0.717, 1.165) is 4.47 Å². The highest BCUT2D eigenvalue weighted by molar-refractivity contribution is 9.10. The fourth-order valence-electron chi connectivity index (χ4n) is 1.49. The molecule has 1 atom stereocenters. The molecule has 18 heavy (non-hydrogen) atoms. The van der Waals surface area contributed by atoms with E-state index in [-0.39, 0.29) is 0 Å². The number of amides is 1. The molecule has 0 heterocycles. The third-order valence-electron chi connectivity index (χ3n) is 2.48. The third-order valence-corrected chi connectivity index (χ3v) is 2.97. The summed E-state index contributed by atoms with van der Waals surface area (Å²) in [5.41, 5.74) is -0.118. The van der Waals surface area contributed by atoms with Gasteiger partial charge in [-0.2, -0.15) is 0 Å². The molecule has 0 aliphatic heterocycles. The smallest absolute Gasteiger partial charge is 0.326 e. The van der Waals surface area contributed by atoms with Gasteiger partial charge in [-0.1, -0.05) is 42.8 Å². The largest absolute Gasteiger partial charge is 0.480 e. The van der Waals surface area contributed by atoms with Crippen molar-refractivity contribution < 1.29 is 14.7 Å². The van der Waals surface area contributed by atoms with E-state index < -0.39 is 23.3 Å².